The van der Waals surface area contributed by atoms with Gasteiger partial charge in [-0.2, -0.15) is 0 Å². The van der Waals surface area contributed by atoms with E-state index in [1.54, 1.807) is 0 Å². The maximum absolute atomic E-state index is 12.1. The van der Waals surface area contributed by atoms with Crippen molar-refractivity contribution in [2.75, 3.05) is 0 Å². The van der Waals surface area contributed by atoms with E-state index >= 15 is 0 Å². The second-order valence-corrected chi connectivity index (χ2v) is 10.4. The lowest BCUT2D eigenvalue weighted by Crippen LogP contribution is -2.58. The first-order chi connectivity index (χ1) is 12.5. The van der Waals surface area contributed by atoms with Gasteiger partial charge in [0.15, 0.2) is 0 Å². The minimum atomic E-state index is 0.104. The Kier molecular flexibility index (Phi) is 2.96. The van der Waals surface area contributed by atoms with E-state index in [2.05, 4.69) is 19.9 Å². The summed E-state index contributed by atoms with van der Waals surface area (Å²) in [6.45, 7) is 5.02. The van der Waals surface area contributed by atoms with E-state index in [1.807, 2.05) is 12.5 Å². The van der Waals surface area contributed by atoms with Gasteiger partial charge in [-0.1, -0.05) is 13.8 Å². The Morgan fingerprint density at radius 1 is 1.12 bits per heavy atom. The first-order valence-electron chi connectivity index (χ1n) is 10.7. The standard InChI is InChI=1S/C23H30O3/c1-21-8-5-16(24)11-15(21)3-4-18-17(21)6-9-22(2)19(14-7-10-25-13-14)12-20-23(18,22)26-20/h7,10,13,15,17-20H,3-6,8-9,11-12H2,1-2H3/t15?,17-,18-,19?,20?,21+,22-,23+/m1/s1. The van der Waals surface area contributed by atoms with E-state index < -0.39 is 0 Å². The molecule has 0 N–H and O–H groups in total. The summed E-state index contributed by atoms with van der Waals surface area (Å²) in [5, 5.41) is 0. The van der Waals surface area contributed by atoms with Crippen molar-refractivity contribution in [2.45, 2.75) is 82.8 Å². The minimum absolute atomic E-state index is 0.104. The first-order valence-corrected chi connectivity index (χ1v) is 10.7. The van der Waals surface area contributed by atoms with Crippen LogP contribution in [0.2, 0.25) is 0 Å². The molecule has 3 nitrogen and oxygen atoms in total. The average Bonchev–Trinajstić information content (AvgIpc) is 2.99. The molecule has 4 saturated carbocycles. The highest BCUT2D eigenvalue weighted by Crippen LogP contribution is 2.77. The van der Waals surface area contributed by atoms with Crippen LogP contribution in [0.1, 0.15) is 76.7 Å². The molecule has 0 amide bonds. The molecule has 1 spiro atoms. The van der Waals surface area contributed by atoms with Crippen molar-refractivity contribution in [1.82, 2.24) is 0 Å². The number of fused-ring (bicyclic) bond motifs is 3. The molecular formula is C23H30O3. The fourth-order valence-corrected chi connectivity index (χ4v) is 8.45. The number of Topliss-reactive ketones (excluding diaryl/α,β-unsaturated/α-hetero) is 1. The molecule has 8 atom stereocenters. The van der Waals surface area contributed by atoms with Gasteiger partial charge in [0.25, 0.3) is 0 Å². The molecule has 26 heavy (non-hydrogen) atoms. The molecule has 3 heteroatoms. The summed E-state index contributed by atoms with van der Waals surface area (Å²) in [4.78, 5) is 12.1. The van der Waals surface area contributed by atoms with E-state index in [9.17, 15) is 4.79 Å². The Morgan fingerprint density at radius 2 is 2.00 bits per heavy atom. The van der Waals surface area contributed by atoms with Crippen LogP contribution in [0.4, 0.5) is 0 Å². The topological polar surface area (TPSA) is 42.7 Å². The zero-order valence-electron chi connectivity index (χ0n) is 16.0. The molecule has 1 aromatic rings. The Bertz CT molecular complexity index is 754. The van der Waals surface area contributed by atoms with Gasteiger partial charge in [-0.25, -0.2) is 0 Å². The summed E-state index contributed by atoms with van der Waals surface area (Å²) in [6.07, 6.45) is 13.2. The van der Waals surface area contributed by atoms with Crippen LogP contribution >= 0.6 is 0 Å². The summed E-state index contributed by atoms with van der Waals surface area (Å²) < 4.78 is 12.0. The predicted molar refractivity (Wildman–Crippen MR) is 97.7 cm³/mol. The number of rotatable bonds is 1. The van der Waals surface area contributed by atoms with Crippen molar-refractivity contribution in [3.05, 3.63) is 24.2 Å². The van der Waals surface area contributed by atoms with Gasteiger partial charge in [0.05, 0.1) is 18.6 Å². The molecule has 0 radical (unpaired) electrons. The fourth-order valence-electron chi connectivity index (χ4n) is 8.45. The molecule has 6 rings (SSSR count). The van der Waals surface area contributed by atoms with E-state index in [0.717, 1.165) is 31.6 Å². The van der Waals surface area contributed by atoms with Crippen LogP contribution in [0.15, 0.2) is 23.0 Å². The van der Waals surface area contributed by atoms with Crippen LogP contribution in [0, 0.1) is 28.6 Å². The molecule has 2 heterocycles. The van der Waals surface area contributed by atoms with Crippen molar-refractivity contribution < 1.29 is 13.9 Å². The van der Waals surface area contributed by atoms with Gasteiger partial charge in [-0.15, -0.1) is 0 Å². The number of carbonyl (C=O) groups is 1. The molecule has 1 aromatic heterocycles. The average molecular weight is 354 g/mol. The molecule has 140 valence electrons. The van der Waals surface area contributed by atoms with Crippen molar-refractivity contribution in [3.63, 3.8) is 0 Å². The Balaban J connectivity index is 1.37. The number of hydrogen-bond donors (Lipinski definition) is 0. The van der Waals surface area contributed by atoms with Gasteiger partial charge in [0.1, 0.15) is 11.4 Å². The van der Waals surface area contributed by atoms with E-state index in [4.69, 9.17) is 9.15 Å². The third-order valence-corrected chi connectivity index (χ3v) is 9.85. The zero-order valence-corrected chi connectivity index (χ0v) is 16.0. The monoisotopic (exact) mass is 354 g/mol. The predicted octanol–water partition coefficient (Wildman–Crippen LogP) is 5.11. The van der Waals surface area contributed by atoms with Crippen LogP contribution < -0.4 is 0 Å². The lowest BCUT2D eigenvalue weighted by molar-refractivity contribution is -0.144. The van der Waals surface area contributed by atoms with Gasteiger partial charge < -0.3 is 9.15 Å². The number of ether oxygens (including phenoxy) is 1. The zero-order chi connectivity index (χ0) is 17.7. The number of epoxide rings is 1. The molecule has 5 aliphatic rings. The molecule has 5 fully saturated rings. The quantitative estimate of drug-likeness (QED) is 0.659. The first kappa shape index (κ1) is 15.9. The molecule has 0 bridgehead atoms. The summed E-state index contributed by atoms with van der Waals surface area (Å²) >= 11 is 0. The van der Waals surface area contributed by atoms with Crippen molar-refractivity contribution in [1.29, 1.82) is 0 Å². The fraction of sp³-hybridized carbons (Fsp3) is 0.783. The third-order valence-electron chi connectivity index (χ3n) is 9.85. The Hall–Kier alpha value is -1.09. The van der Waals surface area contributed by atoms with Crippen molar-refractivity contribution >= 4 is 5.78 Å². The van der Waals surface area contributed by atoms with Crippen LogP contribution in [-0.2, 0) is 9.53 Å². The molecule has 3 unspecified atom stereocenters. The third kappa shape index (κ3) is 1.68. The van der Waals surface area contributed by atoms with E-state index in [0.29, 0.717) is 35.1 Å². The van der Waals surface area contributed by atoms with Crippen LogP contribution in [-0.4, -0.2) is 17.5 Å². The van der Waals surface area contributed by atoms with Crippen molar-refractivity contribution in [3.8, 4) is 0 Å². The molecule has 4 aliphatic carbocycles. The highest BCUT2D eigenvalue weighted by atomic mass is 16.6. The summed E-state index contributed by atoms with van der Waals surface area (Å²) in [7, 11) is 0. The number of ketones is 1. The Labute approximate surface area is 155 Å². The normalized spacial score (nSPS) is 54.8. The number of furan rings is 1. The lowest BCUT2D eigenvalue weighted by atomic mass is 9.44. The summed E-state index contributed by atoms with van der Waals surface area (Å²) in [6, 6.07) is 2.17. The van der Waals surface area contributed by atoms with Crippen molar-refractivity contribution in [2.24, 2.45) is 28.6 Å². The minimum Gasteiger partial charge on any atom is -0.472 e. The summed E-state index contributed by atoms with van der Waals surface area (Å²) in [5.41, 5.74) is 2.09. The maximum Gasteiger partial charge on any atom is 0.133 e. The Morgan fingerprint density at radius 3 is 2.81 bits per heavy atom. The molecular weight excluding hydrogens is 324 g/mol. The largest absolute Gasteiger partial charge is 0.472 e. The lowest BCUT2D eigenvalue weighted by Gasteiger charge is -2.60. The van der Waals surface area contributed by atoms with Crippen LogP contribution in [0.5, 0.6) is 0 Å². The van der Waals surface area contributed by atoms with Gasteiger partial charge in [0.2, 0.25) is 0 Å². The van der Waals surface area contributed by atoms with Crippen LogP contribution in [0.25, 0.3) is 0 Å². The maximum atomic E-state index is 12.1. The molecule has 0 aromatic carbocycles. The SMILES string of the molecule is C[C@]12CCC(=O)CC1CC[C@@H]1[C@H]2CC[C@]2(C)C(c3ccoc3)CC3O[C@]312. The molecule has 1 saturated heterocycles. The van der Waals surface area contributed by atoms with Crippen LogP contribution in [0.3, 0.4) is 0 Å². The smallest absolute Gasteiger partial charge is 0.133 e. The second-order valence-electron chi connectivity index (χ2n) is 10.4. The number of carbonyl (C=O) groups excluding carboxylic acids is 1. The van der Waals surface area contributed by atoms with Gasteiger partial charge in [-0.05, 0) is 79.2 Å². The highest BCUT2D eigenvalue weighted by Gasteiger charge is 2.80. The van der Waals surface area contributed by atoms with Gasteiger partial charge in [-0.3, -0.25) is 4.79 Å². The van der Waals surface area contributed by atoms with E-state index in [1.165, 1.54) is 31.2 Å². The highest BCUT2D eigenvalue weighted by molar-refractivity contribution is 5.79. The van der Waals surface area contributed by atoms with E-state index in [-0.39, 0.29) is 11.0 Å². The van der Waals surface area contributed by atoms with Gasteiger partial charge >= 0.3 is 0 Å². The summed E-state index contributed by atoms with van der Waals surface area (Å²) in [5.74, 6) is 3.15. The van der Waals surface area contributed by atoms with Gasteiger partial charge in [0, 0.05) is 18.3 Å². The molecule has 1 aliphatic heterocycles. The second kappa shape index (κ2) is 4.84. The number of hydrogen-bond acceptors (Lipinski definition) is 3.